The number of nitrogens with zero attached hydrogens (tertiary/aromatic N) is 1. The van der Waals surface area contributed by atoms with Gasteiger partial charge in [-0.25, -0.2) is 5.84 Å². The maximum Gasteiger partial charge on any atom is 0.143 e. The van der Waals surface area contributed by atoms with Gasteiger partial charge in [0.15, 0.2) is 0 Å². The Balaban J connectivity index is 2.64. The van der Waals surface area contributed by atoms with Crippen molar-refractivity contribution in [2.45, 2.75) is 18.8 Å². The number of rotatable bonds is 2. The molecule has 0 bridgehead atoms. The van der Waals surface area contributed by atoms with Crippen LogP contribution in [-0.4, -0.2) is 22.2 Å². The Morgan fingerprint density at radius 2 is 2.36 bits per heavy atom. The van der Waals surface area contributed by atoms with Crippen LogP contribution in [0.4, 0.5) is 0 Å². The molecule has 0 aromatic rings. The van der Waals surface area contributed by atoms with Crippen molar-refractivity contribution in [3.8, 4) is 0 Å². The summed E-state index contributed by atoms with van der Waals surface area (Å²) < 4.78 is 0. The van der Waals surface area contributed by atoms with Crippen molar-refractivity contribution in [3.05, 3.63) is 10.6 Å². The van der Waals surface area contributed by atoms with Crippen molar-refractivity contribution in [2.75, 3.05) is 6.61 Å². The summed E-state index contributed by atoms with van der Waals surface area (Å²) in [7, 11) is 0. The second-order valence-electron chi connectivity index (χ2n) is 2.40. The number of aliphatic hydroxyl groups is 1. The molecule has 0 aliphatic carbocycles. The van der Waals surface area contributed by atoms with Gasteiger partial charge in [0, 0.05) is 23.6 Å². The van der Waals surface area contributed by atoms with E-state index < -0.39 is 0 Å². The summed E-state index contributed by atoms with van der Waals surface area (Å²) in [6.07, 6.45) is 0.651. The highest BCUT2D eigenvalue weighted by atomic mass is 32.2. The monoisotopic (exact) mass is 175 g/mol. The van der Waals surface area contributed by atoms with Gasteiger partial charge in [-0.05, 0) is 6.92 Å². The zero-order valence-electron chi connectivity index (χ0n) is 6.45. The second kappa shape index (κ2) is 3.44. The van der Waals surface area contributed by atoms with Crippen molar-refractivity contribution in [1.82, 2.24) is 5.01 Å². The Morgan fingerprint density at radius 1 is 1.73 bits per heavy atom. The Bertz CT molecular complexity index is 183. The van der Waals surface area contributed by atoms with Gasteiger partial charge in [-0.2, -0.15) is 0 Å². The van der Waals surface area contributed by atoms with E-state index in [0.717, 1.165) is 10.6 Å². The number of hydrogen-bond donors (Lipinski definition) is 3. The largest absolute Gasteiger partial charge is 0.396 e. The summed E-state index contributed by atoms with van der Waals surface area (Å²) in [4.78, 5) is 1.09. The maximum atomic E-state index is 8.67. The molecule has 1 aliphatic heterocycles. The number of thioether (sulfide) groups is 1. The molecule has 11 heavy (non-hydrogen) atoms. The first-order valence-electron chi connectivity index (χ1n) is 3.43. The van der Waals surface area contributed by atoms with Crippen LogP contribution < -0.4 is 11.6 Å². The van der Waals surface area contributed by atoms with Crippen LogP contribution in [0.15, 0.2) is 10.6 Å². The third kappa shape index (κ3) is 1.67. The molecule has 0 aromatic carbocycles. The van der Waals surface area contributed by atoms with Crippen molar-refractivity contribution in [2.24, 2.45) is 11.6 Å². The molecule has 0 amide bonds. The predicted octanol–water partition coefficient (Wildman–Crippen LogP) is -0.235. The molecule has 0 saturated carbocycles. The lowest BCUT2D eigenvalue weighted by Gasteiger charge is -2.16. The molecule has 0 fully saturated rings. The fraction of sp³-hybridized carbons (Fsp3) is 0.667. The van der Waals surface area contributed by atoms with Gasteiger partial charge in [0.25, 0.3) is 0 Å². The Hall–Kier alpha value is -0.230. The first kappa shape index (κ1) is 8.86. The third-order valence-electron chi connectivity index (χ3n) is 1.67. The fourth-order valence-electron chi connectivity index (χ4n) is 0.964. The zero-order valence-corrected chi connectivity index (χ0v) is 7.27. The van der Waals surface area contributed by atoms with Gasteiger partial charge < -0.3 is 10.8 Å². The number of aliphatic hydroxyl groups excluding tert-OH is 1. The summed E-state index contributed by atoms with van der Waals surface area (Å²) in [5.41, 5.74) is 6.42. The Labute approximate surface area is 70.2 Å². The standard InChI is InChI=1S/C6H13N3OS/c1-4-5(2-3-10)11-6(7)9(4)8/h6,10H,2-3,7-8H2,1H3. The lowest BCUT2D eigenvalue weighted by Crippen LogP contribution is -2.39. The molecule has 0 radical (unpaired) electrons. The van der Waals surface area contributed by atoms with Crippen molar-refractivity contribution >= 4 is 11.8 Å². The van der Waals surface area contributed by atoms with Gasteiger partial charge in [0.1, 0.15) is 5.50 Å². The van der Waals surface area contributed by atoms with E-state index in [1.165, 1.54) is 16.8 Å². The Kier molecular flexibility index (Phi) is 2.78. The van der Waals surface area contributed by atoms with E-state index in [1.54, 1.807) is 0 Å². The molecule has 64 valence electrons. The minimum Gasteiger partial charge on any atom is -0.396 e. The van der Waals surface area contributed by atoms with Crippen LogP contribution in [0.3, 0.4) is 0 Å². The normalized spacial score (nSPS) is 25.1. The summed E-state index contributed by atoms with van der Waals surface area (Å²) >= 11 is 1.50. The molecule has 0 saturated heterocycles. The highest BCUT2D eigenvalue weighted by Gasteiger charge is 2.23. The maximum absolute atomic E-state index is 8.67. The van der Waals surface area contributed by atoms with Gasteiger partial charge in [-0.1, -0.05) is 11.8 Å². The first-order chi connectivity index (χ1) is 5.16. The quantitative estimate of drug-likeness (QED) is 0.505. The van der Waals surface area contributed by atoms with E-state index in [9.17, 15) is 0 Å². The summed E-state index contributed by atoms with van der Waals surface area (Å²) in [6, 6.07) is 0. The van der Waals surface area contributed by atoms with Crippen molar-refractivity contribution < 1.29 is 5.11 Å². The average molecular weight is 175 g/mol. The molecule has 4 nitrogen and oxygen atoms in total. The molecule has 1 aliphatic rings. The minimum absolute atomic E-state index is 0.153. The van der Waals surface area contributed by atoms with Gasteiger partial charge in [-0.3, -0.25) is 5.01 Å². The summed E-state index contributed by atoms with van der Waals surface area (Å²) in [5.74, 6) is 5.59. The van der Waals surface area contributed by atoms with Crippen LogP contribution in [0.5, 0.6) is 0 Å². The van der Waals surface area contributed by atoms with Gasteiger partial charge >= 0.3 is 0 Å². The van der Waals surface area contributed by atoms with Gasteiger partial charge in [0.2, 0.25) is 0 Å². The summed E-state index contributed by atoms with van der Waals surface area (Å²) in [5, 5.41) is 10.2. The molecule has 1 unspecified atom stereocenters. The number of nitrogens with two attached hydrogens (primary N) is 2. The van der Waals surface area contributed by atoms with Gasteiger partial charge in [-0.15, -0.1) is 0 Å². The second-order valence-corrected chi connectivity index (χ2v) is 3.61. The van der Waals surface area contributed by atoms with Crippen LogP contribution in [0, 0.1) is 0 Å². The van der Waals surface area contributed by atoms with Crippen LogP contribution in [0.25, 0.3) is 0 Å². The smallest absolute Gasteiger partial charge is 0.143 e. The molecular formula is C6H13N3OS. The molecule has 1 rings (SSSR count). The fourth-order valence-corrected chi connectivity index (χ4v) is 2.01. The molecule has 5 heteroatoms. The molecule has 5 N–H and O–H groups in total. The van der Waals surface area contributed by atoms with E-state index in [4.69, 9.17) is 16.7 Å². The number of allylic oxidation sites excluding steroid dienone is 1. The lowest BCUT2D eigenvalue weighted by molar-refractivity contribution is 0.299. The molecule has 0 spiro atoms. The van der Waals surface area contributed by atoms with Crippen molar-refractivity contribution in [1.29, 1.82) is 0 Å². The SMILES string of the molecule is CC1=C(CCO)SC(N)N1N. The van der Waals surface area contributed by atoms with E-state index in [0.29, 0.717) is 6.42 Å². The van der Waals surface area contributed by atoms with E-state index in [1.807, 2.05) is 6.92 Å². The molecule has 0 aromatic heterocycles. The zero-order chi connectivity index (χ0) is 8.43. The summed E-state index contributed by atoms with van der Waals surface area (Å²) in [6.45, 7) is 2.06. The molecule has 1 atom stereocenters. The van der Waals surface area contributed by atoms with Crippen LogP contribution >= 0.6 is 11.8 Å². The molecular weight excluding hydrogens is 162 g/mol. The van der Waals surface area contributed by atoms with Crippen LogP contribution in [0.1, 0.15) is 13.3 Å². The average Bonchev–Trinajstić information content (AvgIpc) is 2.19. The minimum atomic E-state index is -0.184. The lowest BCUT2D eigenvalue weighted by atomic mass is 10.3. The van der Waals surface area contributed by atoms with Gasteiger partial charge in [0.05, 0.1) is 0 Å². The highest BCUT2D eigenvalue weighted by molar-refractivity contribution is 8.03. The van der Waals surface area contributed by atoms with Crippen LogP contribution in [0.2, 0.25) is 0 Å². The van der Waals surface area contributed by atoms with Crippen LogP contribution in [-0.2, 0) is 0 Å². The van der Waals surface area contributed by atoms with E-state index >= 15 is 0 Å². The first-order valence-corrected chi connectivity index (χ1v) is 4.31. The molecule has 1 heterocycles. The third-order valence-corrected chi connectivity index (χ3v) is 2.92. The number of hydrazine groups is 1. The Morgan fingerprint density at radius 3 is 2.73 bits per heavy atom. The highest BCUT2D eigenvalue weighted by Crippen LogP contribution is 2.34. The van der Waals surface area contributed by atoms with Crippen molar-refractivity contribution in [3.63, 3.8) is 0 Å². The van der Waals surface area contributed by atoms with E-state index in [-0.39, 0.29) is 12.1 Å². The predicted molar refractivity (Wildman–Crippen MR) is 46.0 cm³/mol. The topological polar surface area (TPSA) is 75.5 Å². The number of hydrogen-bond acceptors (Lipinski definition) is 5. The van der Waals surface area contributed by atoms with E-state index in [2.05, 4.69) is 0 Å².